The molecule has 0 atom stereocenters. The van der Waals surface area contributed by atoms with Crippen LogP contribution in [0.15, 0.2) is 46.9 Å². The molecule has 0 heterocycles. The molecule has 0 radical (unpaired) electrons. The van der Waals surface area contributed by atoms with E-state index in [-0.39, 0.29) is 5.91 Å². The predicted octanol–water partition coefficient (Wildman–Crippen LogP) is 4.43. The van der Waals surface area contributed by atoms with E-state index in [2.05, 4.69) is 21.2 Å². The van der Waals surface area contributed by atoms with Crippen LogP contribution in [0.25, 0.3) is 0 Å². The minimum Gasteiger partial charge on any atom is -0.494 e. The van der Waals surface area contributed by atoms with Crippen molar-refractivity contribution >= 4 is 33.4 Å². The molecule has 2 aromatic carbocycles. The molecule has 1 N–H and O–H groups in total. The van der Waals surface area contributed by atoms with E-state index in [1.807, 2.05) is 31.2 Å². The Morgan fingerprint density at radius 1 is 1.24 bits per heavy atom. The van der Waals surface area contributed by atoms with Crippen LogP contribution in [-0.4, -0.2) is 12.5 Å². The first kappa shape index (κ1) is 15.9. The lowest BCUT2D eigenvalue weighted by Crippen LogP contribution is -2.23. The number of nitrogens with one attached hydrogen (secondary N) is 1. The van der Waals surface area contributed by atoms with E-state index >= 15 is 0 Å². The maximum absolute atomic E-state index is 12.1. The van der Waals surface area contributed by atoms with Crippen LogP contribution in [0.3, 0.4) is 0 Å². The third kappa shape index (κ3) is 4.48. The number of carbonyl (C=O) groups is 1. The van der Waals surface area contributed by atoms with Crippen molar-refractivity contribution in [2.45, 2.75) is 13.5 Å². The molecule has 2 rings (SSSR count). The highest BCUT2D eigenvalue weighted by Crippen LogP contribution is 2.21. The second-order valence-corrected chi connectivity index (χ2v) is 5.71. The van der Waals surface area contributed by atoms with Gasteiger partial charge in [-0.05, 0) is 42.8 Å². The first-order chi connectivity index (χ1) is 10.1. The average molecular weight is 369 g/mol. The largest absolute Gasteiger partial charge is 0.494 e. The van der Waals surface area contributed by atoms with Crippen LogP contribution >= 0.6 is 27.5 Å². The Balaban J connectivity index is 1.99. The molecule has 2 aromatic rings. The molecule has 3 nitrogen and oxygen atoms in total. The normalized spacial score (nSPS) is 10.2. The van der Waals surface area contributed by atoms with Crippen molar-refractivity contribution in [3.63, 3.8) is 0 Å². The summed E-state index contributed by atoms with van der Waals surface area (Å²) in [5.41, 5.74) is 1.45. The van der Waals surface area contributed by atoms with E-state index in [1.165, 1.54) is 0 Å². The smallest absolute Gasteiger partial charge is 0.253 e. The highest BCUT2D eigenvalue weighted by atomic mass is 79.9. The molecule has 0 saturated heterocycles. The van der Waals surface area contributed by atoms with E-state index in [4.69, 9.17) is 16.3 Å². The van der Waals surface area contributed by atoms with Crippen molar-refractivity contribution in [1.29, 1.82) is 0 Å². The number of benzene rings is 2. The molecule has 21 heavy (non-hydrogen) atoms. The van der Waals surface area contributed by atoms with Gasteiger partial charge in [0.15, 0.2) is 0 Å². The van der Waals surface area contributed by atoms with E-state index < -0.39 is 0 Å². The zero-order valence-electron chi connectivity index (χ0n) is 11.5. The fourth-order valence-corrected chi connectivity index (χ4v) is 2.38. The standard InChI is InChI=1S/C16H15BrClNO2/c1-2-21-13-6-3-11(4-7-13)10-19-16(20)14-9-12(17)5-8-15(14)18/h3-9H,2,10H2,1H3,(H,19,20). The molecular formula is C16H15BrClNO2. The number of ether oxygens (including phenoxy) is 1. The van der Waals surface area contributed by atoms with Crippen molar-refractivity contribution in [1.82, 2.24) is 5.32 Å². The second kappa shape index (κ2) is 7.48. The Kier molecular flexibility index (Phi) is 5.65. The molecule has 0 spiro atoms. The number of amides is 1. The van der Waals surface area contributed by atoms with Crippen LogP contribution in [0.5, 0.6) is 5.75 Å². The molecule has 0 aliphatic heterocycles. The van der Waals surface area contributed by atoms with E-state index in [0.717, 1.165) is 15.8 Å². The third-order valence-corrected chi connectivity index (χ3v) is 3.68. The summed E-state index contributed by atoms with van der Waals surface area (Å²) < 4.78 is 6.19. The van der Waals surface area contributed by atoms with Gasteiger partial charge in [0.2, 0.25) is 0 Å². The van der Waals surface area contributed by atoms with Crippen LogP contribution in [-0.2, 0) is 6.54 Å². The second-order valence-electron chi connectivity index (χ2n) is 4.38. The molecule has 0 aromatic heterocycles. The minimum atomic E-state index is -0.199. The summed E-state index contributed by atoms with van der Waals surface area (Å²) >= 11 is 9.36. The van der Waals surface area contributed by atoms with Crippen LogP contribution in [0, 0.1) is 0 Å². The summed E-state index contributed by atoms with van der Waals surface area (Å²) in [6, 6.07) is 12.8. The van der Waals surface area contributed by atoms with Crippen LogP contribution < -0.4 is 10.1 Å². The van der Waals surface area contributed by atoms with Gasteiger partial charge in [-0.1, -0.05) is 39.7 Å². The fourth-order valence-electron chi connectivity index (χ4n) is 1.82. The summed E-state index contributed by atoms with van der Waals surface area (Å²) in [6.07, 6.45) is 0. The molecular weight excluding hydrogens is 354 g/mol. The number of rotatable bonds is 5. The molecule has 1 amide bonds. The van der Waals surface area contributed by atoms with Gasteiger partial charge in [-0.25, -0.2) is 0 Å². The maximum atomic E-state index is 12.1. The topological polar surface area (TPSA) is 38.3 Å². The van der Waals surface area contributed by atoms with Gasteiger partial charge in [-0.3, -0.25) is 4.79 Å². The SMILES string of the molecule is CCOc1ccc(CNC(=O)c2cc(Br)ccc2Cl)cc1. The monoisotopic (exact) mass is 367 g/mol. The van der Waals surface area contributed by atoms with Crippen molar-refractivity contribution < 1.29 is 9.53 Å². The third-order valence-electron chi connectivity index (χ3n) is 2.86. The van der Waals surface area contributed by atoms with Gasteiger partial charge in [0.25, 0.3) is 5.91 Å². The van der Waals surface area contributed by atoms with Gasteiger partial charge in [0.05, 0.1) is 17.2 Å². The number of carbonyl (C=O) groups excluding carboxylic acids is 1. The molecule has 110 valence electrons. The van der Waals surface area contributed by atoms with E-state index in [1.54, 1.807) is 18.2 Å². The Morgan fingerprint density at radius 3 is 2.62 bits per heavy atom. The Labute approximate surface area is 137 Å². The van der Waals surface area contributed by atoms with Gasteiger partial charge < -0.3 is 10.1 Å². The molecule has 5 heteroatoms. The molecule has 0 fully saturated rings. The zero-order chi connectivity index (χ0) is 15.2. The fraction of sp³-hybridized carbons (Fsp3) is 0.188. The lowest BCUT2D eigenvalue weighted by molar-refractivity contribution is 0.0951. The van der Waals surface area contributed by atoms with Gasteiger partial charge in [0.1, 0.15) is 5.75 Å². The first-order valence-corrected chi connectivity index (χ1v) is 7.72. The molecule has 0 bridgehead atoms. The Morgan fingerprint density at radius 2 is 1.95 bits per heavy atom. The zero-order valence-corrected chi connectivity index (χ0v) is 13.9. The van der Waals surface area contributed by atoms with Crippen LogP contribution in [0.4, 0.5) is 0 Å². The quantitative estimate of drug-likeness (QED) is 0.848. The predicted molar refractivity (Wildman–Crippen MR) is 87.9 cm³/mol. The molecule has 0 aliphatic carbocycles. The van der Waals surface area contributed by atoms with Gasteiger partial charge in [-0.2, -0.15) is 0 Å². The summed E-state index contributed by atoms with van der Waals surface area (Å²) in [7, 11) is 0. The van der Waals surface area contributed by atoms with Gasteiger partial charge in [-0.15, -0.1) is 0 Å². The van der Waals surface area contributed by atoms with Crippen molar-refractivity contribution in [3.8, 4) is 5.75 Å². The highest BCUT2D eigenvalue weighted by molar-refractivity contribution is 9.10. The maximum Gasteiger partial charge on any atom is 0.253 e. The molecule has 0 saturated carbocycles. The van der Waals surface area contributed by atoms with E-state index in [0.29, 0.717) is 23.7 Å². The Hall–Kier alpha value is -1.52. The van der Waals surface area contributed by atoms with Crippen LogP contribution in [0.1, 0.15) is 22.8 Å². The summed E-state index contributed by atoms with van der Waals surface area (Å²) in [4.78, 5) is 12.1. The lowest BCUT2D eigenvalue weighted by atomic mass is 10.2. The minimum absolute atomic E-state index is 0.199. The van der Waals surface area contributed by atoms with Gasteiger partial charge in [0, 0.05) is 11.0 Å². The Bertz CT molecular complexity index is 629. The van der Waals surface area contributed by atoms with Crippen molar-refractivity contribution in [2.24, 2.45) is 0 Å². The number of hydrogen-bond acceptors (Lipinski definition) is 2. The number of hydrogen-bond donors (Lipinski definition) is 1. The van der Waals surface area contributed by atoms with E-state index in [9.17, 15) is 4.79 Å². The summed E-state index contributed by atoms with van der Waals surface area (Å²) in [5.74, 6) is 0.623. The summed E-state index contributed by atoms with van der Waals surface area (Å²) in [5, 5.41) is 3.28. The molecule has 0 aliphatic rings. The van der Waals surface area contributed by atoms with Crippen molar-refractivity contribution in [3.05, 3.63) is 63.1 Å². The lowest BCUT2D eigenvalue weighted by Gasteiger charge is -2.08. The van der Waals surface area contributed by atoms with Crippen LogP contribution in [0.2, 0.25) is 5.02 Å². The van der Waals surface area contributed by atoms with Gasteiger partial charge >= 0.3 is 0 Å². The first-order valence-electron chi connectivity index (χ1n) is 6.55. The van der Waals surface area contributed by atoms with Crippen molar-refractivity contribution in [2.75, 3.05) is 6.61 Å². The highest BCUT2D eigenvalue weighted by Gasteiger charge is 2.10. The number of halogens is 2. The summed E-state index contributed by atoms with van der Waals surface area (Å²) in [6.45, 7) is 3.02. The molecule has 0 unspecified atom stereocenters. The average Bonchev–Trinajstić information content (AvgIpc) is 2.49.